The first kappa shape index (κ1) is 12.6. The summed E-state index contributed by atoms with van der Waals surface area (Å²) in [6.45, 7) is 1.51. The zero-order valence-electron chi connectivity index (χ0n) is 10.4. The van der Waals surface area contributed by atoms with Crippen molar-refractivity contribution in [3.05, 3.63) is 65.5 Å². The van der Waals surface area contributed by atoms with Crippen LogP contribution in [0.5, 0.6) is 0 Å². The monoisotopic (exact) mass is 244 g/mol. The minimum absolute atomic E-state index is 0.280. The van der Waals surface area contributed by atoms with E-state index in [1.54, 1.807) is 0 Å². The molecule has 0 aliphatic carbocycles. The average molecular weight is 244 g/mol. The van der Waals surface area contributed by atoms with Gasteiger partial charge in [-0.25, -0.2) is 4.39 Å². The van der Waals surface area contributed by atoms with Gasteiger partial charge in [0, 0.05) is 18.8 Å². The maximum atomic E-state index is 13.2. The Morgan fingerprint density at radius 1 is 1.00 bits per heavy atom. The van der Waals surface area contributed by atoms with E-state index in [-0.39, 0.29) is 5.82 Å². The highest BCUT2D eigenvalue weighted by Crippen LogP contribution is 2.13. The lowest BCUT2D eigenvalue weighted by Gasteiger charge is -2.17. The first-order valence-electron chi connectivity index (χ1n) is 5.91. The second kappa shape index (κ2) is 5.65. The molecule has 94 valence electrons. The van der Waals surface area contributed by atoms with Crippen LogP contribution in [0.4, 0.5) is 10.1 Å². The molecule has 0 aromatic heterocycles. The number of hydrogen-bond donors (Lipinski definition) is 1. The van der Waals surface area contributed by atoms with Gasteiger partial charge in [-0.3, -0.25) is 4.90 Å². The maximum Gasteiger partial charge on any atom is 0.125 e. The second-order valence-electron chi connectivity index (χ2n) is 4.55. The predicted octanol–water partition coefficient (Wildman–Crippen LogP) is 3.04. The molecule has 2 aromatic carbocycles. The third kappa shape index (κ3) is 3.57. The smallest absolute Gasteiger partial charge is 0.125 e. The van der Waals surface area contributed by atoms with Gasteiger partial charge in [-0.1, -0.05) is 30.3 Å². The number of nitrogens with zero attached hydrogens (tertiary/aromatic N) is 1. The van der Waals surface area contributed by atoms with Crippen molar-refractivity contribution in [2.24, 2.45) is 0 Å². The summed E-state index contributed by atoms with van der Waals surface area (Å²) in [5.74, 6) is -0.280. The van der Waals surface area contributed by atoms with Gasteiger partial charge in [-0.15, -0.1) is 0 Å². The molecule has 2 N–H and O–H groups in total. The Labute approximate surface area is 107 Å². The molecule has 2 rings (SSSR count). The molecule has 0 aliphatic rings. The largest absolute Gasteiger partial charge is 0.399 e. The van der Waals surface area contributed by atoms with Crippen molar-refractivity contribution in [3.63, 3.8) is 0 Å². The summed E-state index contributed by atoms with van der Waals surface area (Å²) < 4.78 is 13.2. The quantitative estimate of drug-likeness (QED) is 0.838. The number of halogens is 1. The Morgan fingerprint density at radius 2 is 1.67 bits per heavy atom. The molecule has 0 saturated heterocycles. The van der Waals surface area contributed by atoms with E-state index in [0.29, 0.717) is 12.2 Å². The Morgan fingerprint density at radius 3 is 2.33 bits per heavy atom. The Kier molecular flexibility index (Phi) is 3.95. The lowest BCUT2D eigenvalue weighted by atomic mass is 10.1. The van der Waals surface area contributed by atoms with Crippen molar-refractivity contribution in [1.29, 1.82) is 0 Å². The van der Waals surface area contributed by atoms with Crippen LogP contribution < -0.4 is 5.73 Å². The zero-order valence-corrected chi connectivity index (χ0v) is 10.4. The van der Waals surface area contributed by atoms with Crippen molar-refractivity contribution < 1.29 is 4.39 Å². The summed E-state index contributed by atoms with van der Waals surface area (Å²) in [5.41, 5.74) is 8.23. The minimum atomic E-state index is -0.280. The molecule has 0 heterocycles. The number of anilines is 1. The van der Waals surface area contributed by atoms with Crippen molar-refractivity contribution in [2.75, 3.05) is 12.8 Å². The maximum absolute atomic E-state index is 13.2. The molecule has 0 aliphatic heterocycles. The van der Waals surface area contributed by atoms with E-state index in [2.05, 4.69) is 17.0 Å². The first-order chi connectivity index (χ1) is 8.63. The van der Waals surface area contributed by atoms with E-state index in [4.69, 9.17) is 5.73 Å². The van der Waals surface area contributed by atoms with E-state index in [1.807, 2.05) is 31.3 Å². The molecular formula is C15H17FN2. The van der Waals surface area contributed by atoms with Crippen LogP contribution in [0.25, 0.3) is 0 Å². The van der Waals surface area contributed by atoms with Gasteiger partial charge >= 0.3 is 0 Å². The Balaban J connectivity index is 2.01. The normalized spacial score (nSPS) is 10.8. The van der Waals surface area contributed by atoms with Crippen molar-refractivity contribution in [2.45, 2.75) is 13.1 Å². The fourth-order valence-electron chi connectivity index (χ4n) is 2.03. The topological polar surface area (TPSA) is 29.3 Å². The minimum Gasteiger partial charge on any atom is -0.399 e. The Hall–Kier alpha value is -1.87. The zero-order chi connectivity index (χ0) is 13.0. The molecule has 0 fully saturated rings. The van der Waals surface area contributed by atoms with Gasteiger partial charge in [0.2, 0.25) is 0 Å². The molecule has 0 amide bonds. The van der Waals surface area contributed by atoms with Crippen molar-refractivity contribution in [3.8, 4) is 0 Å². The molecule has 2 aromatic rings. The number of hydrogen-bond acceptors (Lipinski definition) is 2. The van der Waals surface area contributed by atoms with E-state index in [1.165, 1.54) is 17.7 Å². The van der Waals surface area contributed by atoms with E-state index in [0.717, 1.165) is 12.1 Å². The van der Waals surface area contributed by atoms with Crippen LogP contribution in [0, 0.1) is 5.82 Å². The number of nitrogens with two attached hydrogens (primary N) is 1. The summed E-state index contributed by atoms with van der Waals surface area (Å²) in [6.07, 6.45) is 0. The molecule has 0 radical (unpaired) electrons. The molecule has 0 bridgehead atoms. The van der Waals surface area contributed by atoms with E-state index >= 15 is 0 Å². The molecular weight excluding hydrogens is 227 g/mol. The lowest BCUT2D eigenvalue weighted by Crippen LogP contribution is -2.17. The summed E-state index contributed by atoms with van der Waals surface area (Å²) in [6, 6.07) is 14.9. The summed E-state index contributed by atoms with van der Waals surface area (Å²) >= 11 is 0. The molecule has 3 heteroatoms. The standard InChI is InChI=1S/C15H17FN2/c1-18(10-12-5-3-2-4-6-12)11-13-7-14(16)9-15(17)8-13/h2-9H,10-11,17H2,1H3. The van der Waals surface area contributed by atoms with Crippen LogP contribution in [0.2, 0.25) is 0 Å². The third-order valence-corrected chi connectivity index (χ3v) is 2.73. The highest BCUT2D eigenvalue weighted by atomic mass is 19.1. The lowest BCUT2D eigenvalue weighted by molar-refractivity contribution is 0.318. The second-order valence-corrected chi connectivity index (χ2v) is 4.55. The predicted molar refractivity (Wildman–Crippen MR) is 72.4 cm³/mol. The highest BCUT2D eigenvalue weighted by Gasteiger charge is 2.04. The highest BCUT2D eigenvalue weighted by molar-refractivity contribution is 5.41. The SMILES string of the molecule is CN(Cc1ccccc1)Cc1cc(N)cc(F)c1. The number of benzene rings is 2. The molecule has 18 heavy (non-hydrogen) atoms. The van der Waals surface area contributed by atoms with Gasteiger partial charge in [0.25, 0.3) is 0 Å². The van der Waals surface area contributed by atoms with Gasteiger partial charge in [-0.05, 0) is 36.4 Å². The van der Waals surface area contributed by atoms with E-state index < -0.39 is 0 Å². The van der Waals surface area contributed by atoms with Gasteiger partial charge in [-0.2, -0.15) is 0 Å². The summed E-state index contributed by atoms with van der Waals surface area (Å²) in [7, 11) is 2.01. The van der Waals surface area contributed by atoms with Crippen molar-refractivity contribution in [1.82, 2.24) is 4.90 Å². The van der Waals surface area contributed by atoms with Gasteiger partial charge in [0.15, 0.2) is 0 Å². The van der Waals surface area contributed by atoms with Crippen LogP contribution in [-0.2, 0) is 13.1 Å². The van der Waals surface area contributed by atoms with Crippen LogP contribution in [0.15, 0.2) is 48.5 Å². The van der Waals surface area contributed by atoms with E-state index in [9.17, 15) is 4.39 Å². The number of rotatable bonds is 4. The number of nitrogen functional groups attached to an aromatic ring is 1. The van der Waals surface area contributed by atoms with Crippen LogP contribution in [-0.4, -0.2) is 11.9 Å². The van der Waals surface area contributed by atoms with Crippen LogP contribution >= 0.6 is 0 Å². The van der Waals surface area contributed by atoms with Crippen LogP contribution in [0.1, 0.15) is 11.1 Å². The van der Waals surface area contributed by atoms with Gasteiger partial charge in [0.05, 0.1) is 0 Å². The fourth-order valence-corrected chi connectivity index (χ4v) is 2.03. The fraction of sp³-hybridized carbons (Fsp3) is 0.200. The summed E-state index contributed by atoms with van der Waals surface area (Å²) in [4.78, 5) is 2.13. The van der Waals surface area contributed by atoms with Crippen LogP contribution in [0.3, 0.4) is 0 Å². The van der Waals surface area contributed by atoms with Crippen molar-refractivity contribution >= 4 is 5.69 Å². The van der Waals surface area contributed by atoms with Gasteiger partial charge in [0.1, 0.15) is 5.82 Å². The molecule has 0 saturated carbocycles. The molecule has 2 nitrogen and oxygen atoms in total. The first-order valence-corrected chi connectivity index (χ1v) is 5.91. The van der Waals surface area contributed by atoms with Gasteiger partial charge < -0.3 is 5.73 Å². The molecule has 0 unspecified atom stereocenters. The average Bonchev–Trinajstić information content (AvgIpc) is 2.28. The summed E-state index contributed by atoms with van der Waals surface area (Å²) in [5, 5.41) is 0. The third-order valence-electron chi connectivity index (χ3n) is 2.73. The molecule has 0 atom stereocenters. The molecule has 0 spiro atoms. The Bertz CT molecular complexity index is 491.